The number of aromatic nitrogens is 4. The van der Waals surface area contributed by atoms with Crippen LogP contribution >= 0.6 is 11.8 Å². The summed E-state index contributed by atoms with van der Waals surface area (Å²) in [7, 11) is 1.87. The summed E-state index contributed by atoms with van der Waals surface area (Å²) in [6.07, 6.45) is 3.40. The fraction of sp³-hybridized carbons (Fsp3) is 0.160. The fourth-order valence-corrected chi connectivity index (χ4v) is 4.09. The lowest BCUT2D eigenvalue weighted by atomic mass is 10.1. The second-order valence-corrected chi connectivity index (χ2v) is 8.73. The lowest BCUT2D eigenvalue weighted by molar-refractivity contribution is -0.113. The quantitative estimate of drug-likeness (QED) is 0.385. The van der Waals surface area contributed by atoms with E-state index in [0.29, 0.717) is 27.9 Å². The van der Waals surface area contributed by atoms with Gasteiger partial charge in [-0.2, -0.15) is 0 Å². The smallest absolute Gasteiger partial charge is 0.255 e. The molecule has 0 saturated carbocycles. The molecule has 8 nitrogen and oxygen atoms in total. The molecular weight excluding hydrogens is 448 g/mol. The Morgan fingerprint density at radius 2 is 1.76 bits per heavy atom. The van der Waals surface area contributed by atoms with Crippen LogP contribution in [0.1, 0.15) is 21.5 Å². The van der Waals surface area contributed by atoms with E-state index in [9.17, 15) is 9.59 Å². The average Bonchev–Trinajstić information content (AvgIpc) is 3.20. The lowest BCUT2D eigenvalue weighted by Crippen LogP contribution is -2.16. The topological polar surface area (TPSA) is 102 Å². The molecule has 0 atom stereocenters. The predicted molar refractivity (Wildman–Crippen MR) is 134 cm³/mol. The monoisotopic (exact) mass is 472 g/mol. The Balaban J connectivity index is 1.35. The summed E-state index contributed by atoms with van der Waals surface area (Å²) >= 11 is 1.31. The number of rotatable bonds is 7. The van der Waals surface area contributed by atoms with Gasteiger partial charge >= 0.3 is 0 Å². The van der Waals surface area contributed by atoms with Gasteiger partial charge in [-0.1, -0.05) is 29.5 Å². The Hall–Kier alpha value is -3.98. The number of thioether (sulfide) groups is 1. The van der Waals surface area contributed by atoms with Crippen LogP contribution in [0, 0.1) is 13.8 Å². The molecule has 2 heterocycles. The lowest BCUT2D eigenvalue weighted by Gasteiger charge is -2.11. The fourth-order valence-electron chi connectivity index (χ4n) is 3.38. The molecule has 0 fully saturated rings. The number of anilines is 2. The van der Waals surface area contributed by atoms with Gasteiger partial charge in [0.2, 0.25) is 5.91 Å². The molecule has 2 amide bonds. The first-order valence-corrected chi connectivity index (χ1v) is 11.6. The zero-order chi connectivity index (χ0) is 24.1. The summed E-state index contributed by atoms with van der Waals surface area (Å²) in [5, 5.41) is 14.9. The van der Waals surface area contributed by atoms with Gasteiger partial charge in [-0.15, -0.1) is 10.2 Å². The number of nitrogens with zero attached hydrogens (tertiary/aromatic N) is 4. The number of aryl methyl sites for hydroxylation is 2. The number of nitrogens with one attached hydrogen (secondary N) is 2. The third kappa shape index (κ3) is 5.49. The molecular formula is C25H24N6O2S. The largest absolute Gasteiger partial charge is 0.325 e. The van der Waals surface area contributed by atoms with E-state index in [4.69, 9.17) is 0 Å². The van der Waals surface area contributed by atoms with Crippen molar-refractivity contribution in [2.45, 2.75) is 19.0 Å². The van der Waals surface area contributed by atoms with E-state index in [0.717, 1.165) is 16.7 Å². The maximum atomic E-state index is 12.5. The first-order valence-electron chi connectivity index (χ1n) is 10.6. The summed E-state index contributed by atoms with van der Waals surface area (Å²) in [5.74, 6) is 0.571. The van der Waals surface area contributed by atoms with Gasteiger partial charge in [-0.25, -0.2) is 0 Å². The summed E-state index contributed by atoms with van der Waals surface area (Å²) in [6, 6.07) is 16.5. The van der Waals surface area contributed by atoms with Crippen LogP contribution in [0.2, 0.25) is 0 Å². The van der Waals surface area contributed by atoms with Crippen molar-refractivity contribution in [2.24, 2.45) is 7.05 Å². The minimum atomic E-state index is -0.175. The highest BCUT2D eigenvalue weighted by Gasteiger charge is 2.14. The van der Waals surface area contributed by atoms with Gasteiger partial charge in [0.25, 0.3) is 5.91 Å². The number of carbonyl (C=O) groups excluding carboxylic acids is 2. The van der Waals surface area contributed by atoms with Crippen LogP contribution in [0.3, 0.4) is 0 Å². The number of benzene rings is 2. The zero-order valence-electron chi connectivity index (χ0n) is 19.1. The minimum Gasteiger partial charge on any atom is -0.325 e. The molecule has 9 heteroatoms. The van der Waals surface area contributed by atoms with Crippen molar-refractivity contribution in [1.82, 2.24) is 19.7 Å². The molecule has 0 spiro atoms. The molecule has 0 radical (unpaired) electrons. The second kappa shape index (κ2) is 10.3. The molecule has 0 bridgehead atoms. The zero-order valence-corrected chi connectivity index (χ0v) is 19.9. The standard InChI is InChI=1S/C25H24N6O2S/c1-16-5-4-6-19(13-16)24(33)27-20-7-8-21(17(2)14-20)28-22(32)15-34-25-30-29-23(31(25)3)18-9-11-26-12-10-18/h4-14H,15H2,1-3H3,(H,27,33)(H,28,32). The molecule has 0 aliphatic carbocycles. The molecule has 2 aromatic heterocycles. The highest BCUT2D eigenvalue weighted by Crippen LogP contribution is 2.24. The molecule has 0 saturated heterocycles. The van der Waals surface area contributed by atoms with Gasteiger partial charge in [-0.05, 0) is 61.9 Å². The van der Waals surface area contributed by atoms with Crippen molar-refractivity contribution >= 4 is 35.0 Å². The first-order chi connectivity index (χ1) is 16.4. The van der Waals surface area contributed by atoms with Gasteiger partial charge in [0.1, 0.15) is 0 Å². The van der Waals surface area contributed by atoms with Crippen LogP contribution < -0.4 is 10.6 Å². The second-order valence-electron chi connectivity index (χ2n) is 7.79. The van der Waals surface area contributed by atoms with Crippen LogP contribution in [0.5, 0.6) is 0 Å². The highest BCUT2D eigenvalue weighted by atomic mass is 32.2. The van der Waals surface area contributed by atoms with E-state index in [1.807, 2.05) is 61.9 Å². The van der Waals surface area contributed by atoms with Crippen LogP contribution in [-0.2, 0) is 11.8 Å². The van der Waals surface area contributed by atoms with Gasteiger partial charge in [0.05, 0.1) is 5.75 Å². The van der Waals surface area contributed by atoms with E-state index < -0.39 is 0 Å². The molecule has 34 heavy (non-hydrogen) atoms. The predicted octanol–water partition coefficient (Wildman–Crippen LogP) is 4.48. The Morgan fingerprint density at radius 1 is 0.971 bits per heavy atom. The number of hydrogen-bond acceptors (Lipinski definition) is 6. The van der Waals surface area contributed by atoms with E-state index in [-0.39, 0.29) is 17.6 Å². The summed E-state index contributed by atoms with van der Waals surface area (Å²) in [5.41, 5.74) is 4.73. The van der Waals surface area contributed by atoms with Crippen molar-refractivity contribution in [3.63, 3.8) is 0 Å². The van der Waals surface area contributed by atoms with E-state index >= 15 is 0 Å². The van der Waals surface area contributed by atoms with Crippen LogP contribution in [0.15, 0.2) is 72.1 Å². The van der Waals surface area contributed by atoms with E-state index in [2.05, 4.69) is 25.8 Å². The molecule has 2 aromatic carbocycles. The summed E-state index contributed by atoms with van der Waals surface area (Å²) in [4.78, 5) is 29.0. The third-order valence-corrected chi connectivity index (χ3v) is 6.16. The van der Waals surface area contributed by atoms with Gasteiger partial charge in [0, 0.05) is 41.9 Å². The van der Waals surface area contributed by atoms with Gasteiger partial charge in [0.15, 0.2) is 11.0 Å². The van der Waals surface area contributed by atoms with Crippen LogP contribution in [0.25, 0.3) is 11.4 Å². The minimum absolute atomic E-state index is 0.155. The summed E-state index contributed by atoms with van der Waals surface area (Å²) < 4.78 is 1.85. The van der Waals surface area contributed by atoms with Crippen molar-refractivity contribution in [2.75, 3.05) is 16.4 Å². The van der Waals surface area contributed by atoms with Crippen molar-refractivity contribution in [3.05, 3.63) is 83.7 Å². The summed E-state index contributed by atoms with van der Waals surface area (Å²) in [6.45, 7) is 3.83. The molecule has 172 valence electrons. The van der Waals surface area contributed by atoms with Crippen molar-refractivity contribution < 1.29 is 9.59 Å². The third-order valence-electron chi connectivity index (χ3n) is 5.14. The Bertz CT molecular complexity index is 1340. The first kappa shape index (κ1) is 23.2. The molecule has 4 aromatic rings. The molecule has 0 unspecified atom stereocenters. The normalized spacial score (nSPS) is 10.7. The maximum Gasteiger partial charge on any atom is 0.255 e. The van der Waals surface area contributed by atoms with Crippen LogP contribution in [0.4, 0.5) is 11.4 Å². The number of pyridine rings is 1. The highest BCUT2D eigenvalue weighted by molar-refractivity contribution is 7.99. The number of hydrogen-bond donors (Lipinski definition) is 2. The van der Waals surface area contributed by atoms with Gasteiger partial charge in [-0.3, -0.25) is 14.6 Å². The molecule has 0 aliphatic heterocycles. The Kier molecular flexibility index (Phi) is 7.03. The Labute approximate surface area is 201 Å². The van der Waals surface area contributed by atoms with E-state index in [1.165, 1.54) is 11.8 Å². The molecule has 0 aliphatic rings. The maximum absolute atomic E-state index is 12.5. The SMILES string of the molecule is Cc1cccc(C(=O)Nc2ccc(NC(=O)CSc3nnc(-c4ccncc4)n3C)c(C)c2)c1. The van der Waals surface area contributed by atoms with Gasteiger partial charge < -0.3 is 15.2 Å². The molecule has 2 N–H and O–H groups in total. The average molecular weight is 473 g/mol. The number of amides is 2. The Morgan fingerprint density at radius 3 is 2.50 bits per heavy atom. The molecule has 4 rings (SSSR count). The van der Waals surface area contributed by atoms with Crippen molar-refractivity contribution in [1.29, 1.82) is 0 Å². The van der Waals surface area contributed by atoms with Crippen molar-refractivity contribution in [3.8, 4) is 11.4 Å². The van der Waals surface area contributed by atoms with E-state index in [1.54, 1.807) is 30.6 Å². The number of carbonyl (C=O) groups is 2. The van der Waals surface area contributed by atoms with Crippen LogP contribution in [-0.4, -0.2) is 37.3 Å².